The van der Waals surface area contributed by atoms with Crippen LogP contribution in [0.5, 0.6) is 0 Å². The van der Waals surface area contributed by atoms with Crippen LogP contribution < -0.4 is 5.32 Å². The van der Waals surface area contributed by atoms with Crippen molar-refractivity contribution < 1.29 is 13.5 Å². The van der Waals surface area contributed by atoms with E-state index in [0.717, 1.165) is 12.1 Å². The second-order valence-electron chi connectivity index (χ2n) is 5.69. The summed E-state index contributed by atoms with van der Waals surface area (Å²) in [6, 6.07) is 4.22. The summed E-state index contributed by atoms with van der Waals surface area (Å²) >= 11 is 0. The molecule has 0 aromatic heterocycles. The minimum atomic E-state index is -0.797. The molecule has 0 bridgehead atoms. The summed E-state index contributed by atoms with van der Waals surface area (Å²) in [4.78, 5) is 0. The molecule has 0 amide bonds. The van der Waals surface area contributed by atoms with Gasteiger partial charge < -0.3 is 10.1 Å². The SMILES string of the molecule is CNCC(C(C)C)C1(c2ccc(F)c(F)c2)COC1. The number of ether oxygens (including phenoxy) is 1. The Balaban J connectivity index is 2.37. The lowest BCUT2D eigenvalue weighted by Gasteiger charge is -2.49. The molecule has 1 unspecified atom stereocenters. The van der Waals surface area contributed by atoms with Gasteiger partial charge in [-0.2, -0.15) is 0 Å². The van der Waals surface area contributed by atoms with Gasteiger partial charge in [0.2, 0.25) is 0 Å². The van der Waals surface area contributed by atoms with E-state index in [1.807, 2.05) is 7.05 Å². The van der Waals surface area contributed by atoms with Crippen molar-refractivity contribution in [3.63, 3.8) is 0 Å². The van der Waals surface area contributed by atoms with Gasteiger partial charge >= 0.3 is 0 Å². The van der Waals surface area contributed by atoms with Crippen molar-refractivity contribution in [1.82, 2.24) is 5.32 Å². The van der Waals surface area contributed by atoms with Crippen LogP contribution in [0.25, 0.3) is 0 Å². The Morgan fingerprint density at radius 3 is 2.37 bits per heavy atom. The minimum absolute atomic E-state index is 0.203. The topological polar surface area (TPSA) is 21.3 Å². The predicted molar refractivity (Wildman–Crippen MR) is 71.1 cm³/mol. The smallest absolute Gasteiger partial charge is 0.159 e. The molecule has 0 aliphatic carbocycles. The van der Waals surface area contributed by atoms with Crippen LogP contribution in [-0.4, -0.2) is 26.8 Å². The zero-order chi connectivity index (χ0) is 14.0. The first-order valence-electron chi connectivity index (χ1n) is 6.69. The van der Waals surface area contributed by atoms with E-state index in [4.69, 9.17) is 4.74 Å². The maximum Gasteiger partial charge on any atom is 0.159 e. The van der Waals surface area contributed by atoms with E-state index in [1.54, 1.807) is 6.07 Å². The Bertz CT molecular complexity index is 444. The number of benzene rings is 1. The molecule has 1 aromatic rings. The van der Waals surface area contributed by atoms with Gasteiger partial charge in [0, 0.05) is 5.41 Å². The van der Waals surface area contributed by atoms with Gasteiger partial charge in [-0.1, -0.05) is 19.9 Å². The summed E-state index contributed by atoms with van der Waals surface area (Å²) in [5.41, 5.74) is 0.637. The van der Waals surface area contributed by atoms with Gasteiger partial charge in [-0.3, -0.25) is 0 Å². The number of hydrogen-bond acceptors (Lipinski definition) is 2. The zero-order valence-electron chi connectivity index (χ0n) is 11.7. The third kappa shape index (κ3) is 2.51. The molecule has 1 heterocycles. The summed E-state index contributed by atoms with van der Waals surface area (Å²) in [6.07, 6.45) is 0. The molecule has 19 heavy (non-hydrogen) atoms. The largest absolute Gasteiger partial charge is 0.379 e. The lowest BCUT2D eigenvalue weighted by Crippen LogP contribution is -2.56. The standard InChI is InChI=1S/C15H21F2NO/c1-10(2)12(7-18-3)15(8-19-9-15)11-4-5-13(16)14(17)6-11/h4-6,10,12,18H,7-9H2,1-3H3. The maximum absolute atomic E-state index is 13.5. The molecule has 1 fully saturated rings. The summed E-state index contributed by atoms with van der Waals surface area (Å²) in [7, 11) is 1.91. The van der Waals surface area contributed by atoms with Gasteiger partial charge in [-0.05, 0) is 43.1 Å². The molecule has 1 saturated heterocycles. The first kappa shape index (κ1) is 14.4. The van der Waals surface area contributed by atoms with Crippen molar-refractivity contribution in [3.8, 4) is 0 Å². The number of rotatable bonds is 5. The van der Waals surface area contributed by atoms with E-state index in [2.05, 4.69) is 19.2 Å². The highest BCUT2D eigenvalue weighted by Gasteiger charge is 2.48. The van der Waals surface area contributed by atoms with Crippen LogP contribution in [0.2, 0.25) is 0 Å². The molecule has 106 valence electrons. The maximum atomic E-state index is 13.5. The second-order valence-corrected chi connectivity index (χ2v) is 5.69. The first-order chi connectivity index (χ1) is 9.01. The number of nitrogens with one attached hydrogen (secondary N) is 1. The number of hydrogen-bond donors (Lipinski definition) is 1. The molecular formula is C15H21F2NO. The average molecular weight is 269 g/mol. The lowest BCUT2D eigenvalue weighted by atomic mass is 9.64. The van der Waals surface area contributed by atoms with Crippen molar-refractivity contribution in [2.45, 2.75) is 19.3 Å². The Labute approximate surface area is 113 Å². The van der Waals surface area contributed by atoms with Crippen LogP contribution >= 0.6 is 0 Å². The van der Waals surface area contributed by atoms with Crippen molar-refractivity contribution in [2.75, 3.05) is 26.8 Å². The van der Waals surface area contributed by atoms with Gasteiger partial charge in [0.1, 0.15) is 0 Å². The predicted octanol–water partition coefficient (Wildman–Crippen LogP) is 2.72. The van der Waals surface area contributed by atoms with E-state index < -0.39 is 11.6 Å². The molecule has 0 radical (unpaired) electrons. The van der Waals surface area contributed by atoms with Crippen LogP contribution in [0.3, 0.4) is 0 Å². The molecule has 4 heteroatoms. The molecule has 1 atom stereocenters. The fourth-order valence-corrected chi connectivity index (χ4v) is 3.01. The molecule has 2 nitrogen and oxygen atoms in total. The third-order valence-electron chi connectivity index (χ3n) is 4.15. The van der Waals surface area contributed by atoms with Crippen LogP contribution in [-0.2, 0) is 10.2 Å². The van der Waals surface area contributed by atoms with E-state index >= 15 is 0 Å². The first-order valence-corrected chi connectivity index (χ1v) is 6.69. The minimum Gasteiger partial charge on any atom is -0.379 e. The number of halogens is 2. The zero-order valence-corrected chi connectivity index (χ0v) is 11.7. The normalized spacial score (nSPS) is 19.3. The molecule has 1 aliphatic rings. The molecule has 2 rings (SSSR count). The molecule has 1 N–H and O–H groups in total. The van der Waals surface area contributed by atoms with Crippen molar-refractivity contribution in [1.29, 1.82) is 0 Å². The van der Waals surface area contributed by atoms with E-state index in [9.17, 15) is 8.78 Å². The summed E-state index contributed by atoms with van der Waals surface area (Å²) in [6.45, 7) is 6.29. The molecular weight excluding hydrogens is 248 g/mol. The fraction of sp³-hybridized carbons (Fsp3) is 0.600. The van der Waals surface area contributed by atoms with Gasteiger partial charge in [-0.25, -0.2) is 8.78 Å². The molecule has 0 spiro atoms. The highest BCUT2D eigenvalue weighted by molar-refractivity contribution is 5.31. The molecule has 0 saturated carbocycles. The second kappa shape index (κ2) is 5.55. The summed E-state index contributed by atoms with van der Waals surface area (Å²) in [5, 5.41) is 3.20. The fourth-order valence-electron chi connectivity index (χ4n) is 3.01. The van der Waals surface area contributed by atoms with Crippen molar-refractivity contribution in [3.05, 3.63) is 35.4 Å². The van der Waals surface area contributed by atoms with Gasteiger partial charge in [0.05, 0.1) is 13.2 Å². The average Bonchev–Trinajstić information content (AvgIpc) is 2.31. The van der Waals surface area contributed by atoms with Crippen LogP contribution in [0, 0.1) is 23.5 Å². The Hall–Kier alpha value is -1.00. The van der Waals surface area contributed by atoms with Gasteiger partial charge in [0.15, 0.2) is 11.6 Å². The van der Waals surface area contributed by atoms with Crippen LogP contribution in [0.15, 0.2) is 18.2 Å². The molecule has 1 aliphatic heterocycles. The van der Waals surface area contributed by atoms with Crippen molar-refractivity contribution >= 4 is 0 Å². The Morgan fingerprint density at radius 1 is 1.26 bits per heavy atom. The summed E-state index contributed by atoms with van der Waals surface area (Å²) < 4.78 is 32.0. The van der Waals surface area contributed by atoms with E-state index in [-0.39, 0.29) is 5.41 Å². The monoisotopic (exact) mass is 269 g/mol. The molecule has 1 aromatic carbocycles. The van der Waals surface area contributed by atoms with Gasteiger partial charge in [0.25, 0.3) is 0 Å². The van der Waals surface area contributed by atoms with E-state index in [0.29, 0.717) is 25.0 Å². The highest BCUT2D eigenvalue weighted by atomic mass is 19.2. The summed E-state index contributed by atoms with van der Waals surface area (Å²) in [5.74, 6) is -0.815. The van der Waals surface area contributed by atoms with Crippen LogP contribution in [0.1, 0.15) is 19.4 Å². The van der Waals surface area contributed by atoms with Gasteiger partial charge in [-0.15, -0.1) is 0 Å². The van der Waals surface area contributed by atoms with Crippen LogP contribution in [0.4, 0.5) is 8.78 Å². The van der Waals surface area contributed by atoms with E-state index in [1.165, 1.54) is 12.1 Å². The lowest BCUT2D eigenvalue weighted by molar-refractivity contribution is -0.0997. The van der Waals surface area contributed by atoms with Crippen molar-refractivity contribution in [2.24, 2.45) is 11.8 Å². The Kier molecular flexibility index (Phi) is 4.21. The third-order valence-corrected chi connectivity index (χ3v) is 4.15. The quantitative estimate of drug-likeness (QED) is 0.887. The Morgan fingerprint density at radius 2 is 1.95 bits per heavy atom. The highest BCUT2D eigenvalue weighted by Crippen LogP contribution is 2.43.